The van der Waals surface area contributed by atoms with E-state index < -0.39 is 5.60 Å². The van der Waals surface area contributed by atoms with Gasteiger partial charge < -0.3 is 14.7 Å². The van der Waals surface area contributed by atoms with Gasteiger partial charge in [-0.25, -0.2) is 4.79 Å². The van der Waals surface area contributed by atoms with Crippen molar-refractivity contribution in [1.82, 2.24) is 4.90 Å². The van der Waals surface area contributed by atoms with E-state index in [0.717, 1.165) is 6.42 Å². The van der Waals surface area contributed by atoms with Gasteiger partial charge in [-0.1, -0.05) is 30.3 Å². The highest BCUT2D eigenvalue weighted by atomic mass is 16.6. The zero-order chi connectivity index (χ0) is 14.8. The number of carbonyl (C=O) groups excluding carboxylic acids is 1. The molecule has 1 fully saturated rings. The summed E-state index contributed by atoms with van der Waals surface area (Å²) in [6.45, 7) is 6.13. The third-order valence-electron chi connectivity index (χ3n) is 3.52. The highest BCUT2D eigenvalue weighted by Crippen LogP contribution is 2.32. The molecule has 4 heteroatoms. The molecule has 0 radical (unpaired) electrons. The third kappa shape index (κ3) is 3.51. The molecule has 0 unspecified atom stereocenters. The molecule has 2 atom stereocenters. The Hall–Kier alpha value is -1.55. The molecule has 1 aliphatic heterocycles. The number of aliphatic hydroxyl groups excluding tert-OH is 1. The Morgan fingerprint density at radius 1 is 1.35 bits per heavy atom. The summed E-state index contributed by atoms with van der Waals surface area (Å²) < 4.78 is 5.41. The van der Waals surface area contributed by atoms with Crippen molar-refractivity contribution >= 4 is 6.09 Å². The first-order chi connectivity index (χ1) is 9.40. The average Bonchev–Trinajstić information content (AvgIpc) is 2.82. The zero-order valence-electron chi connectivity index (χ0n) is 12.4. The lowest BCUT2D eigenvalue weighted by Gasteiger charge is -2.27. The highest BCUT2D eigenvalue weighted by Gasteiger charge is 2.37. The second-order valence-corrected chi connectivity index (χ2v) is 6.31. The molecule has 1 aliphatic rings. The molecular weight excluding hydrogens is 254 g/mol. The third-order valence-corrected chi connectivity index (χ3v) is 3.52. The number of hydrogen-bond acceptors (Lipinski definition) is 3. The van der Waals surface area contributed by atoms with Crippen LogP contribution in [0.5, 0.6) is 0 Å². The Balaban J connectivity index is 2.09. The first-order valence-corrected chi connectivity index (χ1v) is 7.06. The molecule has 110 valence electrons. The summed E-state index contributed by atoms with van der Waals surface area (Å²) in [6.07, 6.45) is 0.440. The molecule has 1 aromatic carbocycles. The van der Waals surface area contributed by atoms with Crippen molar-refractivity contribution in [1.29, 1.82) is 0 Å². The lowest BCUT2D eigenvalue weighted by Crippen LogP contribution is -2.41. The Bertz CT molecular complexity index is 453. The maximum absolute atomic E-state index is 12.2. The van der Waals surface area contributed by atoms with E-state index in [1.807, 2.05) is 39.0 Å². The summed E-state index contributed by atoms with van der Waals surface area (Å²) in [5.41, 5.74) is 0.694. The van der Waals surface area contributed by atoms with Crippen LogP contribution in [-0.4, -0.2) is 40.9 Å². The Labute approximate surface area is 120 Å². The van der Waals surface area contributed by atoms with Gasteiger partial charge in [0.25, 0.3) is 0 Å². The highest BCUT2D eigenvalue weighted by molar-refractivity contribution is 5.69. The number of nitrogens with zero attached hydrogens (tertiary/aromatic N) is 1. The molecule has 0 aromatic heterocycles. The van der Waals surface area contributed by atoms with Gasteiger partial charge in [-0.05, 0) is 32.8 Å². The van der Waals surface area contributed by atoms with Crippen LogP contribution in [-0.2, 0) is 4.74 Å². The maximum atomic E-state index is 12.2. The lowest BCUT2D eigenvalue weighted by atomic mass is 9.97. The van der Waals surface area contributed by atoms with Crippen LogP contribution < -0.4 is 0 Å². The minimum absolute atomic E-state index is 0.0252. The number of aliphatic hydroxyl groups is 1. The van der Waals surface area contributed by atoms with E-state index in [9.17, 15) is 9.90 Å². The van der Waals surface area contributed by atoms with E-state index in [1.165, 1.54) is 5.56 Å². The molecule has 4 nitrogen and oxygen atoms in total. The summed E-state index contributed by atoms with van der Waals surface area (Å²) >= 11 is 0. The van der Waals surface area contributed by atoms with Crippen LogP contribution in [0.3, 0.4) is 0 Å². The molecule has 0 aliphatic carbocycles. The quantitative estimate of drug-likeness (QED) is 0.904. The van der Waals surface area contributed by atoms with Crippen LogP contribution in [0.15, 0.2) is 30.3 Å². The van der Waals surface area contributed by atoms with Gasteiger partial charge in [-0.15, -0.1) is 0 Å². The van der Waals surface area contributed by atoms with Gasteiger partial charge in [0.1, 0.15) is 5.60 Å². The number of benzene rings is 1. The number of amides is 1. The first kappa shape index (κ1) is 14.9. The van der Waals surface area contributed by atoms with Gasteiger partial charge in [0.05, 0.1) is 12.6 Å². The average molecular weight is 277 g/mol. The van der Waals surface area contributed by atoms with Crippen molar-refractivity contribution in [2.24, 2.45) is 0 Å². The minimum Gasteiger partial charge on any atom is -0.444 e. The standard InChI is InChI=1S/C16H23NO3/c1-16(2,3)20-15(19)17-10-13(9-14(17)11-18)12-7-5-4-6-8-12/h4-8,13-14,18H,9-11H2,1-3H3/t13-,14+/m0/s1. The van der Waals surface area contributed by atoms with Gasteiger partial charge in [0.15, 0.2) is 0 Å². The monoisotopic (exact) mass is 277 g/mol. The number of likely N-dealkylation sites (tertiary alicyclic amines) is 1. The van der Waals surface area contributed by atoms with E-state index in [-0.39, 0.29) is 24.7 Å². The zero-order valence-corrected chi connectivity index (χ0v) is 12.4. The van der Waals surface area contributed by atoms with E-state index >= 15 is 0 Å². The molecule has 0 saturated carbocycles. The van der Waals surface area contributed by atoms with Crippen LogP contribution in [0.1, 0.15) is 38.7 Å². The molecule has 1 aromatic rings. The van der Waals surface area contributed by atoms with E-state index in [4.69, 9.17) is 4.74 Å². The van der Waals surface area contributed by atoms with Crippen molar-refractivity contribution < 1.29 is 14.6 Å². The van der Waals surface area contributed by atoms with Crippen LogP contribution >= 0.6 is 0 Å². The Kier molecular flexibility index (Phi) is 4.33. The Morgan fingerprint density at radius 3 is 2.55 bits per heavy atom. The van der Waals surface area contributed by atoms with E-state index in [2.05, 4.69) is 12.1 Å². The van der Waals surface area contributed by atoms with Gasteiger partial charge in [0.2, 0.25) is 0 Å². The molecular formula is C16H23NO3. The Morgan fingerprint density at radius 2 is 2.00 bits per heavy atom. The number of rotatable bonds is 2. The topological polar surface area (TPSA) is 49.8 Å². The molecule has 20 heavy (non-hydrogen) atoms. The summed E-state index contributed by atoms with van der Waals surface area (Å²) in [5, 5.41) is 9.50. The van der Waals surface area contributed by atoms with Crippen molar-refractivity contribution in [3.63, 3.8) is 0 Å². The maximum Gasteiger partial charge on any atom is 0.410 e. The smallest absolute Gasteiger partial charge is 0.410 e. The fourth-order valence-electron chi connectivity index (χ4n) is 2.60. The van der Waals surface area contributed by atoms with Crippen molar-refractivity contribution in [2.75, 3.05) is 13.2 Å². The second-order valence-electron chi connectivity index (χ2n) is 6.31. The van der Waals surface area contributed by atoms with Crippen LogP contribution in [0.2, 0.25) is 0 Å². The van der Waals surface area contributed by atoms with Gasteiger partial charge in [-0.3, -0.25) is 0 Å². The van der Waals surface area contributed by atoms with Crippen molar-refractivity contribution in [2.45, 2.75) is 44.8 Å². The van der Waals surface area contributed by atoms with Crippen LogP contribution in [0, 0.1) is 0 Å². The fourth-order valence-corrected chi connectivity index (χ4v) is 2.60. The predicted molar refractivity (Wildman–Crippen MR) is 77.6 cm³/mol. The normalized spacial score (nSPS) is 22.9. The van der Waals surface area contributed by atoms with Gasteiger partial charge >= 0.3 is 6.09 Å². The summed E-state index contributed by atoms with van der Waals surface area (Å²) in [4.78, 5) is 13.9. The van der Waals surface area contributed by atoms with Crippen molar-refractivity contribution in [3.8, 4) is 0 Å². The molecule has 2 rings (SSSR count). The van der Waals surface area contributed by atoms with E-state index in [1.54, 1.807) is 4.90 Å². The lowest BCUT2D eigenvalue weighted by molar-refractivity contribution is 0.0174. The molecule has 1 saturated heterocycles. The SMILES string of the molecule is CC(C)(C)OC(=O)N1C[C@@H](c2ccccc2)C[C@@H]1CO. The van der Waals surface area contributed by atoms with Crippen LogP contribution in [0.4, 0.5) is 4.79 Å². The van der Waals surface area contributed by atoms with Crippen molar-refractivity contribution in [3.05, 3.63) is 35.9 Å². The number of carbonyl (C=O) groups is 1. The van der Waals surface area contributed by atoms with Gasteiger partial charge in [0, 0.05) is 12.5 Å². The molecule has 0 spiro atoms. The molecule has 1 amide bonds. The molecule has 1 heterocycles. The van der Waals surface area contributed by atoms with E-state index in [0.29, 0.717) is 6.54 Å². The minimum atomic E-state index is -0.512. The largest absolute Gasteiger partial charge is 0.444 e. The summed E-state index contributed by atoms with van der Waals surface area (Å²) in [7, 11) is 0. The molecule has 1 N–H and O–H groups in total. The van der Waals surface area contributed by atoms with Crippen LogP contribution in [0.25, 0.3) is 0 Å². The predicted octanol–water partition coefficient (Wildman–Crippen LogP) is 2.77. The first-order valence-electron chi connectivity index (χ1n) is 7.06. The molecule has 0 bridgehead atoms. The summed E-state index contributed by atoms with van der Waals surface area (Å²) in [6, 6.07) is 9.96. The summed E-state index contributed by atoms with van der Waals surface area (Å²) in [5.74, 6) is 0.265. The number of ether oxygens (including phenoxy) is 1. The number of hydrogen-bond donors (Lipinski definition) is 1. The second kappa shape index (κ2) is 5.83. The fraction of sp³-hybridized carbons (Fsp3) is 0.562. The van der Waals surface area contributed by atoms with Gasteiger partial charge in [-0.2, -0.15) is 0 Å².